The highest BCUT2D eigenvalue weighted by molar-refractivity contribution is 5.41. The lowest BCUT2D eigenvalue weighted by molar-refractivity contribution is 0.269. The van der Waals surface area contributed by atoms with Crippen LogP contribution in [0.15, 0.2) is 18.2 Å². The van der Waals surface area contributed by atoms with Crippen LogP contribution in [0.3, 0.4) is 0 Å². The topological polar surface area (TPSA) is 29.5 Å². The van der Waals surface area contributed by atoms with E-state index in [-0.39, 0.29) is 12.5 Å². The Morgan fingerprint density at radius 3 is 2.69 bits per heavy atom. The summed E-state index contributed by atoms with van der Waals surface area (Å²) in [6.07, 6.45) is 0. The van der Waals surface area contributed by atoms with Gasteiger partial charge < -0.3 is 9.84 Å². The Hall–Kier alpha value is -1.02. The van der Waals surface area contributed by atoms with Crippen molar-refractivity contribution in [2.24, 2.45) is 0 Å². The molecule has 0 heterocycles. The number of aryl methyl sites for hydroxylation is 1. The van der Waals surface area contributed by atoms with Gasteiger partial charge in [0.1, 0.15) is 5.75 Å². The average molecular weight is 180 g/mol. The number of hydrogen-bond donors (Lipinski definition) is 1. The number of ether oxygens (including phenoxy) is 1. The highest BCUT2D eigenvalue weighted by atomic mass is 16.5. The van der Waals surface area contributed by atoms with E-state index in [0.717, 1.165) is 11.3 Å². The Bertz CT molecular complexity index is 281. The molecule has 1 rings (SSSR count). The summed E-state index contributed by atoms with van der Waals surface area (Å²) in [7, 11) is 1.66. The summed E-state index contributed by atoms with van der Waals surface area (Å²) >= 11 is 0. The molecule has 2 nitrogen and oxygen atoms in total. The first-order chi connectivity index (χ1) is 6.20. The molecule has 0 saturated heterocycles. The van der Waals surface area contributed by atoms with Gasteiger partial charge in [-0.05, 0) is 18.6 Å². The van der Waals surface area contributed by atoms with Crippen molar-refractivity contribution < 1.29 is 9.84 Å². The fraction of sp³-hybridized carbons (Fsp3) is 0.455. The molecular formula is C11H16O2. The van der Waals surface area contributed by atoms with Crippen LogP contribution >= 0.6 is 0 Å². The van der Waals surface area contributed by atoms with Crippen molar-refractivity contribution in [2.75, 3.05) is 13.7 Å². The van der Waals surface area contributed by atoms with Crippen LogP contribution in [0.25, 0.3) is 0 Å². The van der Waals surface area contributed by atoms with Gasteiger partial charge >= 0.3 is 0 Å². The van der Waals surface area contributed by atoms with Crippen molar-refractivity contribution in [3.05, 3.63) is 29.3 Å². The molecule has 2 heteroatoms. The predicted octanol–water partition coefficient (Wildman–Crippen LogP) is 2.10. The van der Waals surface area contributed by atoms with Gasteiger partial charge in [0.25, 0.3) is 0 Å². The third-order valence-corrected chi connectivity index (χ3v) is 2.27. The Morgan fingerprint density at radius 2 is 2.15 bits per heavy atom. The van der Waals surface area contributed by atoms with Gasteiger partial charge in [-0.1, -0.05) is 19.1 Å². The van der Waals surface area contributed by atoms with E-state index in [1.54, 1.807) is 7.11 Å². The molecule has 0 amide bonds. The van der Waals surface area contributed by atoms with Crippen LogP contribution in [-0.4, -0.2) is 18.8 Å². The molecule has 1 aromatic carbocycles. The molecule has 0 aliphatic carbocycles. The van der Waals surface area contributed by atoms with Crippen LogP contribution in [-0.2, 0) is 0 Å². The zero-order valence-corrected chi connectivity index (χ0v) is 8.37. The summed E-state index contributed by atoms with van der Waals surface area (Å²) in [5, 5.41) is 9.08. The van der Waals surface area contributed by atoms with E-state index < -0.39 is 0 Å². The third kappa shape index (κ3) is 2.01. The van der Waals surface area contributed by atoms with E-state index in [1.807, 2.05) is 32.0 Å². The maximum absolute atomic E-state index is 9.08. The molecule has 0 aromatic heterocycles. The van der Waals surface area contributed by atoms with Gasteiger partial charge in [-0.3, -0.25) is 0 Å². The van der Waals surface area contributed by atoms with E-state index in [0.29, 0.717) is 0 Å². The number of benzene rings is 1. The van der Waals surface area contributed by atoms with Crippen LogP contribution in [0, 0.1) is 6.92 Å². The molecule has 0 fully saturated rings. The van der Waals surface area contributed by atoms with Gasteiger partial charge in [0.15, 0.2) is 0 Å². The van der Waals surface area contributed by atoms with Crippen molar-refractivity contribution in [2.45, 2.75) is 19.8 Å². The number of rotatable bonds is 3. The second kappa shape index (κ2) is 4.28. The van der Waals surface area contributed by atoms with Crippen LogP contribution in [0.2, 0.25) is 0 Å². The quantitative estimate of drug-likeness (QED) is 0.771. The van der Waals surface area contributed by atoms with Crippen molar-refractivity contribution in [3.8, 4) is 5.75 Å². The summed E-state index contributed by atoms with van der Waals surface area (Å²) in [5.74, 6) is 0.998. The lowest BCUT2D eigenvalue weighted by atomic mass is 9.96. The minimum atomic E-state index is 0.135. The third-order valence-electron chi connectivity index (χ3n) is 2.27. The SMILES string of the molecule is COc1cccc(C)c1C(C)CO. The number of methoxy groups -OCH3 is 1. The lowest BCUT2D eigenvalue weighted by Crippen LogP contribution is -2.03. The average Bonchev–Trinajstić information content (AvgIpc) is 2.16. The fourth-order valence-corrected chi connectivity index (χ4v) is 1.55. The van der Waals surface area contributed by atoms with Gasteiger partial charge in [-0.25, -0.2) is 0 Å². The summed E-state index contributed by atoms with van der Waals surface area (Å²) in [6.45, 7) is 4.18. The highest BCUT2D eigenvalue weighted by Gasteiger charge is 2.12. The van der Waals surface area contributed by atoms with Crippen molar-refractivity contribution in [3.63, 3.8) is 0 Å². The number of aliphatic hydroxyl groups is 1. The smallest absolute Gasteiger partial charge is 0.122 e. The van der Waals surface area contributed by atoms with E-state index in [9.17, 15) is 0 Å². The maximum Gasteiger partial charge on any atom is 0.122 e. The zero-order chi connectivity index (χ0) is 9.84. The largest absolute Gasteiger partial charge is 0.496 e. The van der Waals surface area contributed by atoms with Crippen LogP contribution in [0.4, 0.5) is 0 Å². The Morgan fingerprint density at radius 1 is 1.46 bits per heavy atom. The first-order valence-corrected chi connectivity index (χ1v) is 4.45. The Kier molecular flexibility index (Phi) is 3.32. The molecule has 0 bridgehead atoms. The first-order valence-electron chi connectivity index (χ1n) is 4.45. The minimum Gasteiger partial charge on any atom is -0.496 e. The van der Waals surface area contributed by atoms with Crippen LogP contribution in [0.5, 0.6) is 5.75 Å². The maximum atomic E-state index is 9.08. The molecular weight excluding hydrogens is 164 g/mol. The molecule has 72 valence electrons. The summed E-state index contributed by atoms with van der Waals surface area (Å²) in [4.78, 5) is 0. The molecule has 1 atom stereocenters. The minimum absolute atomic E-state index is 0.135. The molecule has 0 aliphatic rings. The van der Waals surface area contributed by atoms with E-state index in [2.05, 4.69) is 0 Å². The van der Waals surface area contributed by atoms with E-state index >= 15 is 0 Å². The van der Waals surface area contributed by atoms with Crippen LogP contribution < -0.4 is 4.74 Å². The molecule has 0 radical (unpaired) electrons. The van der Waals surface area contributed by atoms with E-state index in [1.165, 1.54) is 5.56 Å². The highest BCUT2D eigenvalue weighted by Crippen LogP contribution is 2.28. The summed E-state index contributed by atoms with van der Waals surface area (Å²) in [5.41, 5.74) is 2.27. The molecule has 0 spiro atoms. The summed E-state index contributed by atoms with van der Waals surface area (Å²) < 4.78 is 5.24. The second-order valence-electron chi connectivity index (χ2n) is 3.27. The van der Waals surface area contributed by atoms with Gasteiger partial charge in [-0.2, -0.15) is 0 Å². The number of aliphatic hydroxyl groups excluding tert-OH is 1. The Labute approximate surface area is 79.2 Å². The molecule has 1 unspecified atom stereocenters. The molecule has 1 N–H and O–H groups in total. The Balaban J connectivity index is 3.14. The zero-order valence-electron chi connectivity index (χ0n) is 8.37. The summed E-state index contributed by atoms with van der Waals surface area (Å²) in [6, 6.07) is 5.92. The first kappa shape index (κ1) is 10.1. The molecule has 0 saturated carbocycles. The number of hydrogen-bond acceptors (Lipinski definition) is 2. The molecule has 1 aromatic rings. The van der Waals surface area contributed by atoms with E-state index in [4.69, 9.17) is 9.84 Å². The monoisotopic (exact) mass is 180 g/mol. The predicted molar refractivity (Wildman–Crippen MR) is 53.2 cm³/mol. The van der Waals surface area contributed by atoms with Gasteiger partial charge in [0, 0.05) is 18.1 Å². The molecule has 13 heavy (non-hydrogen) atoms. The van der Waals surface area contributed by atoms with Crippen molar-refractivity contribution >= 4 is 0 Å². The second-order valence-corrected chi connectivity index (χ2v) is 3.27. The van der Waals surface area contributed by atoms with Crippen molar-refractivity contribution in [1.82, 2.24) is 0 Å². The normalized spacial score (nSPS) is 12.6. The molecule has 0 aliphatic heterocycles. The van der Waals surface area contributed by atoms with Crippen LogP contribution in [0.1, 0.15) is 24.0 Å². The van der Waals surface area contributed by atoms with Gasteiger partial charge in [0.05, 0.1) is 7.11 Å². The van der Waals surface area contributed by atoms with Gasteiger partial charge in [0.2, 0.25) is 0 Å². The lowest BCUT2D eigenvalue weighted by Gasteiger charge is -2.15. The van der Waals surface area contributed by atoms with Crippen molar-refractivity contribution in [1.29, 1.82) is 0 Å². The van der Waals surface area contributed by atoms with Gasteiger partial charge in [-0.15, -0.1) is 0 Å². The standard InChI is InChI=1S/C11H16O2/c1-8-5-4-6-10(13-3)11(8)9(2)7-12/h4-6,9,12H,7H2,1-3H3. The fourth-order valence-electron chi connectivity index (χ4n) is 1.55.